The molecule has 0 amide bonds. The maximum atomic E-state index is 12.7. The number of hydrogen-bond donors (Lipinski definition) is 0. The highest BCUT2D eigenvalue weighted by molar-refractivity contribution is 5.71. The van der Waals surface area contributed by atoms with Crippen molar-refractivity contribution in [2.24, 2.45) is 5.92 Å². The molecule has 0 aliphatic rings. The molecule has 0 N–H and O–H groups in total. The van der Waals surface area contributed by atoms with Crippen molar-refractivity contribution >= 4 is 17.9 Å². The second kappa shape index (κ2) is 43.5. The molecule has 55 heavy (non-hydrogen) atoms. The number of esters is 3. The lowest BCUT2D eigenvalue weighted by Gasteiger charge is -2.18. The Morgan fingerprint density at radius 2 is 0.600 bits per heavy atom. The van der Waals surface area contributed by atoms with Crippen molar-refractivity contribution in [3.05, 3.63) is 0 Å². The van der Waals surface area contributed by atoms with E-state index < -0.39 is 6.10 Å². The lowest BCUT2D eigenvalue weighted by molar-refractivity contribution is -0.167. The fraction of sp³-hybridized carbons (Fsp3) is 0.939. The van der Waals surface area contributed by atoms with Gasteiger partial charge in [-0.05, 0) is 25.2 Å². The molecule has 0 saturated carbocycles. The normalized spacial score (nSPS) is 11.9. The number of rotatable bonds is 44. The van der Waals surface area contributed by atoms with Crippen molar-refractivity contribution in [1.82, 2.24) is 0 Å². The summed E-state index contributed by atoms with van der Waals surface area (Å²) in [6, 6.07) is 0. The molecule has 0 fully saturated rings. The van der Waals surface area contributed by atoms with Crippen molar-refractivity contribution in [2.75, 3.05) is 13.2 Å². The van der Waals surface area contributed by atoms with Gasteiger partial charge >= 0.3 is 17.9 Å². The topological polar surface area (TPSA) is 78.9 Å². The second-order valence-electron chi connectivity index (χ2n) is 17.2. The first kappa shape index (κ1) is 53.4. The quantitative estimate of drug-likeness (QED) is 0.0348. The summed E-state index contributed by atoms with van der Waals surface area (Å²) in [6.07, 6.45) is 43.9. The van der Waals surface area contributed by atoms with Gasteiger partial charge in [-0.3, -0.25) is 14.4 Å². The van der Waals surface area contributed by atoms with Gasteiger partial charge in [0, 0.05) is 19.3 Å². The van der Waals surface area contributed by atoms with Crippen LogP contribution in [0.1, 0.15) is 272 Å². The van der Waals surface area contributed by atoms with Gasteiger partial charge in [-0.25, -0.2) is 0 Å². The highest BCUT2D eigenvalue weighted by Gasteiger charge is 2.19. The maximum absolute atomic E-state index is 12.7. The Labute approximate surface area is 342 Å². The Morgan fingerprint density at radius 3 is 0.891 bits per heavy atom. The lowest BCUT2D eigenvalue weighted by atomic mass is 10.0. The summed E-state index contributed by atoms with van der Waals surface area (Å²) in [4.78, 5) is 37.6. The van der Waals surface area contributed by atoms with Crippen LogP contribution < -0.4 is 0 Å². The van der Waals surface area contributed by atoms with Crippen LogP contribution in [-0.4, -0.2) is 37.2 Å². The van der Waals surface area contributed by atoms with Crippen LogP contribution in [0.4, 0.5) is 0 Å². The molecule has 0 radical (unpaired) electrons. The Hall–Kier alpha value is -1.59. The Kier molecular flexibility index (Phi) is 42.3. The largest absolute Gasteiger partial charge is 0.462 e. The number of unbranched alkanes of at least 4 members (excludes halogenated alkanes) is 31. The zero-order valence-electron chi connectivity index (χ0n) is 37.4. The summed E-state index contributed by atoms with van der Waals surface area (Å²) in [5, 5.41) is 0. The van der Waals surface area contributed by atoms with Gasteiger partial charge in [0.2, 0.25) is 0 Å². The van der Waals surface area contributed by atoms with Gasteiger partial charge in [0.15, 0.2) is 6.10 Å². The van der Waals surface area contributed by atoms with E-state index in [1.54, 1.807) is 0 Å². The van der Waals surface area contributed by atoms with E-state index in [4.69, 9.17) is 14.2 Å². The first-order valence-electron chi connectivity index (χ1n) is 24.4. The average Bonchev–Trinajstić information content (AvgIpc) is 3.17. The predicted molar refractivity (Wildman–Crippen MR) is 233 cm³/mol. The molecule has 0 rings (SSSR count). The van der Waals surface area contributed by atoms with Crippen LogP contribution in [0.2, 0.25) is 0 Å². The Bertz CT molecular complexity index is 826. The molecular weight excluding hydrogens is 685 g/mol. The fourth-order valence-corrected chi connectivity index (χ4v) is 7.33. The molecule has 0 saturated heterocycles. The van der Waals surface area contributed by atoms with E-state index in [0.29, 0.717) is 19.3 Å². The second-order valence-corrected chi connectivity index (χ2v) is 17.2. The van der Waals surface area contributed by atoms with Gasteiger partial charge in [-0.1, -0.05) is 233 Å². The van der Waals surface area contributed by atoms with Crippen molar-refractivity contribution in [1.29, 1.82) is 0 Å². The van der Waals surface area contributed by atoms with Gasteiger partial charge in [-0.2, -0.15) is 0 Å². The molecule has 1 atom stereocenters. The molecule has 0 aliphatic carbocycles. The molecule has 326 valence electrons. The molecule has 0 bridgehead atoms. The molecule has 6 heteroatoms. The minimum absolute atomic E-state index is 0.0635. The third-order valence-electron chi connectivity index (χ3n) is 11.0. The number of ether oxygens (including phenoxy) is 3. The van der Waals surface area contributed by atoms with E-state index in [1.165, 1.54) is 167 Å². The summed E-state index contributed by atoms with van der Waals surface area (Å²) >= 11 is 0. The average molecular weight is 779 g/mol. The van der Waals surface area contributed by atoms with E-state index in [1.807, 2.05) is 0 Å². The minimum atomic E-state index is -0.758. The first-order valence-corrected chi connectivity index (χ1v) is 24.4. The van der Waals surface area contributed by atoms with Crippen molar-refractivity contribution < 1.29 is 28.6 Å². The summed E-state index contributed by atoms with van der Waals surface area (Å²) in [5.41, 5.74) is 0. The summed E-state index contributed by atoms with van der Waals surface area (Å²) < 4.78 is 16.7. The van der Waals surface area contributed by atoms with E-state index in [0.717, 1.165) is 63.7 Å². The molecule has 0 aromatic heterocycles. The Morgan fingerprint density at radius 1 is 0.345 bits per heavy atom. The maximum Gasteiger partial charge on any atom is 0.306 e. The van der Waals surface area contributed by atoms with E-state index in [-0.39, 0.29) is 31.1 Å². The molecule has 0 spiro atoms. The van der Waals surface area contributed by atoms with Gasteiger partial charge in [0.1, 0.15) is 13.2 Å². The van der Waals surface area contributed by atoms with Crippen molar-refractivity contribution in [3.63, 3.8) is 0 Å². The standard InChI is InChI=1S/C49H94O6/c1-5-7-9-11-13-14-21-26-30-34-38-42-49(52)55-46(43-53-47(50)40-36-32-27-12-10-8-6-2)44-54-48(51)41-37-33-29-25-23-20-18-16-15-17-19-22-24-28-31-35-39-45(3)4/h45-46H,5-44H2,1-4H3/t46-/m0/s1. The fourth-order valence-electron chi connectivity index (χ4n) is 7.33. The number of hydrogen-bond acceptors (Lipinski definition) is 6. The number of carbonyl (C=O) groups excluding carboxylic acids is 3. The summed E-state index contributed by atoms with van der Waals surface area (Å²) in [5.74, 6) is -0.00347. The molecule has 6 nitrogen and oxygen atoms in total. The molecule has 0 aliphatic heterocycles. The SMILES string of the molecule is CCCCCCCCCCCCCC(=O)O[C@@H](COC(=O)CCCCCCCCC)COC(=O)CCCCCCCCCCCCCCCCCCC(C)C. The molecule has 0 aromatic carbocycles. The van der Waals surface area contributed by atoms with Crippen LogP contribution in [0.15, 0.2) is 0 Å². The van der Waals surface area contributed by atoms with Gasteiger partial charge in [0.05, 0.1) is 0 Å². The third kappa shape index (κ3) is 43.4. The zero-order valence-corrected chi connectivity index (χ0v) is 37.4. The third-order valence-corrected chi connectivity index (χ3v) is 11.0. The van der Waals surface area contributed by atoms with Crippen LogP contribution in [0.3, 0.4) is 0 Å². The molecule has 0 unspecified atom stereocenters. The highest BCUT2D eigenvalue weighted by atomic mass is 16.6. The Balaban J connectivity index is 4.16. The summed E-state index contributed by atoms with van der Waals surface area (Å²) in [7, 11) is 0. The van der Waals surface area contributed by atoms with Crippen LogP contribution in [-0.2, 0) is 28.6 Å². The predicted octanol–water partition coefficient (Wildman–Crippen LogP) is 15.5. The minimum Gasteiger partial charge on any atom is -0.462 e. The smallest absolute Gasteiger partial charge is 0.306 e. The molecule has 0 aromatic rings. The molecule has 0 heterocycles. The highest BCUT2D eigenvalue weighted by Crippen LogP contribution is 2.17. The van der Waals surface area contributed by atoms with Crippen LogP contribution in [0, 0.1) is 5.92 Å². The number of carbonyl (C=O) groups is 3. The first-order chi connectivity index (χ1) is 26.9. The van der Waals surface area contributed by atoms with E-state index >= 15 is 0 Å². The monoisotopic (exact) mass is 779 g/mol. The zero-order chi connectivity index (χ0) is 40.3. The van der Waals surface area contributed by atoms with Gasteiger partial charge in [0.25, 0.3) is 0 Å². The molecular formula is C49H94O6. The summed E-state index contributed by atoms with van der Waals surface area (Å²) in [6.45, 7) is 8.98. The van der Waals surface area contributed by atoms with Crippen LogP contribution >= 0.6 is 0 Å². The van der Waals surface area contributed by atoms with Crippen LogP contribution in [0.5, 0.6) is 0 Å². The van der Waals surface area contributed by atoms with Crippen molar-refractivity contribution in [2.45, 2.75) is 278 Å². The van der Waals surface area contributed by atoms with E-state index in [9.17, 15) is 14.4 Å². The lowest BCUT2D eigenvalue weighted by Crippen LogP contribution is -2.30. The van der Waals surface area contributed by atoms with Gasteiger partial charge < -0.3 is 14.2 Å². The van der Waals surface area contributed by atoms with Crippen molar-refractivity contribution in [3.8, 4) is 0 Å². The van der Waals surface area contributed by atoms with E-state index in [2.05, 4.69) is 27.7 Å². The van der Waals surface area contributed by atoms with Crippen LogP contribution in [0.25, 0.3) is 0 Å². The van der Waals surface area contributed by atoms with Gasteiger partial charge in [-0.15, -0.1) is 0 Å².